The molecule has 1 N–H and O–H groups in total. The summed E-state index contributed by atoms with van der Waals surface area (Å²) in [5, 5.41) is 11.9. The van der Waals surface area contributed by atoms with Crippen LogP contribution in [0.4, 0.5) is 0 Å². The van der Waals surface area contributed by atoms with Gasteiger partial charge in [-0.1, -0.05) is 45.9 Å². The average molecular weight is 529 g/mol. The number of Topliss-reactive ketones (excluding diaryl/α,β-unsaturated/α-hetero) is 1. The van der Waals surface area contributed by atoms with Crippen molar-refractivity contribution in [1.82, 2.24) is 0 Å². The molecule has 38 heavy (non-hydrogen) atoms. The largest absolute Gasteiger partial charge is 0.462 e. The van der Waals surface area contributed by atoms with Gasteiger partial charge in [0.1, 0.15) is 18.8 Å². The van der Waals surface area contributed by atoms with Gasteiger partial charge in [-0.3, -0.25) is 9.59 Å². The van der Waals surface area contributed by atoms with Gasteiger partial charge in [0.15, 0.2) is 5.78 Å². The summed E-state index contributed by atoms with van der Waals surface area (Å²) in [7, 11) is 0. The maximum absolute atomic E-state index is 13.3. The van der Waals surface area contributed by atoms with E-state index in [-0.39, 0.29) is 61.0 Å². The van der Waals surface area contributed by atoms with E-state index < -0.39 is 22.6 Å². The Balaban J connectivity index is 1.77. The van der Waals surface area contributed by atoms with Crippen molar-refractivity contribution >= 4 is 17.7 Å². The predicted octanol–water partition coefficient (Wildman–Crippen LogP) is 4.59. The van der Waals surface area contributed by atoms with Crippen molar-refractivity contribution < 1.29 is 33.7 Å². The van der Waals surface area contributed by atoms with Crippen LogP contribution in [0, 0.1) is 40.9 Å². The number of esters is 2. The second-order valence-electron chi connectivity index (χ2n) is 12.8. The van der Waals surface area contributed by atoms with Crippen LogP contribution < -0.4 is 0 Å². The van der Waals surface area contributed by atoms with Crippen molar-refractivity contribution in [3.8, 4) is 0 Å². The third kappa shape index (κ3) is 4.49. The van der Waals surface area contributed by atoms with E-state index in [1.165, 1.54) is 6.92 Å². The highest BCUT2D eigenvalue weighted by Gasteiger charge is 2.81. The zero-order chi connectivity index (χ0) is 28.2. The molecule has 7 nitrogen and oxygen atoms in total. The fourth-order valence-electron chi connectivity index (χ4n) is 7.74. The molecule has 0 heterocycles. The smallest absolute Gasteiger partial charge is 0.333 e. The van der Waals surface area contributed by atoms with Crippen LogP contribution in [0.5, 0.6) is 0 Å². The van der Waals surface area contributed by atoms with E-state index in [0.717, 1.165) is 12.0 Å². The van der Waals surface area contributed by atoms with Crippen LogP contribution in [0.1, 0.15) is 68.2 Å². The normalized spacial score (nSPS) is 39.9. The number of ether oxygens (including phenoxy) is 3. The first-order valence-corrected chi connectivity index (χ1v) is 13.9. The molecular formula is C31H44O7. The Labute approximate surface area is 226 Å². The van der Waals surface area contributed by atoms with Gasteiger partial charge in [-0.2, -0.15) is 0 Å². The first-order chi connectivity index (χ1) is 17.7. The van der Waals surface area contributed by atoms with Crippen molar-refractivity contribution in [2.24, 2.45) is 40.9 Å². The van der Waals surface area contributed by atoms with E-state index in [9.17, 15) is 19.5 Å². The number of fused-ring (bicyclic) bond motifs is 5. The van der Waals surface area contributed by atoms with Gasteiger partial charge in [0, 0.05) is 42.8 Å². The first-order valence-electron chi connectivity index (χ1n) is 13.9. The number of hydrogen-bond acceptors (Lipinski definition) is 7. The zero-order valence-electron chi connectivity index (χ0n) is 24.1. The molecule has 4 rings (SSSR count). The molecule has 0 spiro atoms. The zero-order valence-corrected chi connectivity index (χ0v) is 24.1. The van der Waals surface area contributed by atoms with Gasteiger partial charge in [0.25, 0.3) is 0 Å². The van der Waals surface area contributed by atoms with Crippen molar-refractivity contribution in [1.29, 1.82) is 0 Å². The van der Waals surface area contributed by atoms with Gasteiger partial charge in [-0.15, -0.1) is 0 Å². The topological polar surface area (TPSA) is 99.1 Å². The van der Waals surface area contributed by atoms with Crippen LogP contribution in [-0.4, -0.2) is 53.9 Å². The first kappa shape index (κ1) is 28.8. The predicted molar refractivity (Wildman–Crippen MR) is 143 cm³/mol. The number of ketones is 1. The van der Waals surface area contributed by atoms with Crippen molar-refractivity contribution in [2.75, 3.05) is 19.8 Å². The highest BCUT2D eigenvalue weighted by atomic mass is 16.5. The number of hydrogen-bond donors (Lipinski definition) is 1. The maximum atomic E-state index is 13.3. The Hall–Kier alpha value is -2.25. The summed E-state index contributed by atoms with van der Waals surface area (Å²) in [6, 6.07) is 0. The van der Waals surface area contributed by atoms with Crippen LogP contribution in [0.2, 0.25) is 0 Å². The second-order valence-corrected chi connectivity index (χ2v) is 12.8. The van der Waals surface area contributed by atoms with Gasteiger partial charge in [-0.05, 0) is 62.0 Å². The number of carbonyl (C=O) groups is 3. The lowest BCUT2D eigenvalue weighted by atomic mass is 9.63. The van der Waals surface area contributed by atoms with E-state index in [1.807, 2.05) is 13.0 Å². The van der Waals surface area contributed by atoms with E-state index in [1.54, 1.807) is 19.9 Å². The number of carbonyl (C=O) groups excluding carboxylic acids is 3. The summed E-state index contributed by atoms with van der Waals surface area (Å²) in [4.78, 5) is 37.6. The quantitative estimate of drug-likeness (QED) is 0.280. The number of aliphatic hydroxyl groups is 1. The third-order valence-corrected chi connectivity index (χ3v) is 9.65. The van der Waals surface area contributed by atoms with E-state index in [2.05, 4.69) is 33.8 Å². The summed E-state index contributed by atoms with van der Waals surface area (Å²) < 4.78 is 18.0. The standard InChI is InChI=1S/C31H44O7/c1-9-18(4)28(34)37-16-29(8)26-23-11-22(15-36-21(7)32)13-30(35)24(10-19(5)27(30)33)25(23)20(6)12-31(26,29)38-14-17(2)3/h9-11,17,20,23-26,35H,12-16H2,1-8H3/b18-9-/t20-,23-,24+,25?,26-,29-,30-,31+/m1/s1. The third-order valence-electron chi connectivity index (χ3n) is 9.65. The summed E-state index contributed by atoms with van der Waals surface area (Å²) in [5.74, 6) is -0.889. The molecule has 1 unspecified atom stereocenters. The molecule has 2 saturated carbocycles. The summed E-state index contributed by atoms with van der Waals surface area (Å²) in [6.07, 6.45) is 6.73. The lowest BCUT2D eigenvalue weighted by molar-refractivity contribution is -0.142. The van der Waals surface area contributed by atoms with Gasteiger partial charge >= 0.3 is 11.9 Å². The fourth-order valence-corrected chi connectivity index (χ4v) is 7.74. The summed E-state index contributed by atoms with van der Waals surface area (Å²) in [5.41, 5.74) is -0.586. The molecule has 0 amide bonds. The fraction of sp³-hybridized carbons (Fsp3) is 0.710. The minimum absolute atomic E-state index is 0.00759. The van der Waals surface area contributed by atoms with Gasteiger partial charge in [-0.25, -0.2) is 4.79 Å². The van der Waals surface area contributed by atoms with Crippen molar-refractivity contribution in [2.45, 2.75) is 79.4 Å². The SMILES string of the molecule is C/C=C(/C)C(=O)OC[C@]1(C)[C@H]2[C@@H]3C=C(COC(C)=O)C[C@]4(O)C(=O)C(C)=C[C@H]4C3[C@H](C)C[C@]21OCC(C)C. The van der Waals surface area contributed by atoms with Crippen LogP contribution in [0.3, 0.4) is 0 Å². The Bertz CT molecular complexity index is 1100. The molecule has 0 radical (unpaired) electrons. The molecule has 0 aliphatic heterocycles. The minimum atomic E-state index is -1.55. The molecule has 210 valence electrons. The lowest BCUT2D eigenvalue weighted by Gasteiger charge is -2.43. The van der Waals surface area contributed by atoms with E-state index >= 15 is 0 Å². The Morgan fingerprint density at radius 3 is 2.50 bits per heavy atom. The number of rotatable bonds is 8. The van der Waals surface area contributed by atoms with E-state index in [4.69, 9.17) is 14.2 Å². The highest BCUT2D eigenvalue weighted by molar-refractivity contribution is 6.04. The molecule has 4 aliphatic carbocycles. The van der Waals surface area contributed by atoms with E-state index in [0.29, 0.717) is 23.7 Å². The van der Waals surface area contributed by atoms with Gasteiger partial charge in [0.05, 0.1) is 5.60 Å². The van der Waals surface area contributed by atoms with Crippen LogP contribution >= 0.6 is 0 Å². The van der Waals surface area contributed by atoms with Crippen LogP contribution in [0.15, 0.2) is 34.9 Å². The molecule has 0 bridgehead atoms. The Morgan fingerprint density at radius 1 is 1.21 bits per heavy atom. The molecule has 0 aromatic carbocycles. The Morgan fingerprint density at radius 2 is 1.89 bits per heavy atom. The average Bonchev–Trinajstić information content (AvgIpc) is 3.34. The monoisotopic (exact) mass is 528 g/mol. The summed E-state index contributed by atoms with van der Waals surface area (Å²) >= 11 is 0. The molecule has 7 heteroatoms. The van der Waals surface area contributed by atoms with Crippen molar-refractivity contribution in [3.05, 3.63) is 34.9 Å². The van der Waals surface area contributed by atoms with Crippen molar-refractivity contribution in [3.63, 3.8) is 0 Å². The van der Waals surface area contributed by atoms with Crippen LogP contribution in [-0.2, 0) is 28.6 Å². The molecule has 4 aliphatic rings. The summed E-state index contributed by atoms with van der Waals surface area (Å²) in [6.45, 7) is 16.1. The molecular weight excluding hydrogens is 484 g/mol. The van der Waals surface area contributed by atoms with Gasteiger partial charge < -0.3 is 19.3 Å². The van der Waals surface area contributed by atoms with Crippen LogP contribution in [0.25, 0.3) is 0 Å². The van der Waals surface area contributed by atoms with Gasteiger partial charge in [0.2, 0.25) is 0 Å². The highest BCUT2D eigenvalue weighted by Crippen LogP contribution is 2.76. The Kier molecular flexibility index (Phi) is 7.61. The molecule has 0 aromatic rings. The minimum Gasteiger partial charge on any atom is -0.462 e. The second kappa shape index (κ2) is 10.1. The number of allylic oxidation sites excluding steroid dienone is 2. The molecule has 2 fully saturated rings. The molecule has 0 saturated heterocycles. The lowest BCUT2D eigenvalue weighted by Crippen LogP contribution is -2.49. The molecule has 8 atom stereocenters. The molecule has 0 aromatic heterocycles. The maximum Gasteiger partial charge on any atom is 0.333 e.